The number of nitrogens with one attached hydrogen (secondary N) is 2. The van der Waals surface area contributed by atoms with Gasteiger partial charge in [0.15, 0.2) is 6.61 Å². The maximum absolute atomic E-state index is 13.6. The van der Waals surface area contributed by atoms with Crippen LogP contribution in [-0.4, -0.2) is 119 Å². The number of aliphatic carboxylic acids is 1. The molecule has 0 unspecified atom stereocenters. The molecule has 2 saturated heterocycles. The van der Waals surface area contributed by atoms with Crippen LogP contribution in [0, 0.1) is 0 Å². The van der Waals surface area contributed by atoms with Gasteiger partial charge in [0.05, 0.1) is 12.1 Å². The molecule has 2 aromatic carbocycles. The molecule has 0 saturated carbocycles. The lowest BCUT2D eigenvalue weighted by Crippen LogP contribution is -2.56. The number of rotatable bonds is 13. The quantitative estimate of drug-likeness (QED) is 0.245. The molecule has 14 nitrogen and oxygen atoms in total. The molecule has 2 fully saturated rings. The molecule has 4 amide bonds. The Hall–Kier alpha value is -5.40. The largest absolute Gasteiger partial charge is 0.483 e. The molecular weight excluding hydrogens is 632 g/mol. The molecule has 0 bridgehead atoms. The van der Waals surface area contributed by atoms with E-state index in [0.29, 0.717) is 24.0 Å². The highest BCUT2D eigenvalue weighted by Gasteiger charge is 2.32. The SMILES string of the molecule is CCOC(=O)N1CCN(C(=O)[C@H](CCC(=O)O)NC(=O)c2cc(OCC(=O)N3CCC[C@@H]3CNc3ccccc3)c3ccccc3n2)CC1. The van der Waals surface area contributed by atoms with Crippen molar-refractivity contribution in [3.63, 3.8) is 0 Å². The van der Waals surface area contributed by atoms with Crippen LogP contribution < -0.4 is 15.4 Å². The summed E-state index contributed by atoms with van der Waals surface area (Å²) in [4.78, 5) is 73.2. The average Bonchev–Trinajstić information content (AvgIpc) is 3.60. The number of fused-ring (bicyclic) bond motifs is 1. The van der Waals surface area contributed by atoms with E-state index in [4.69, 9.17) is 9.47 Å². The topological polar surface area (TPSA) is 171 Å². The van der Waals surface area contributed by atoms with Crippen LogP contribution in [0.2, 0.25) is 0 Å². The van der Waals surface area contributed by atoms with Crippen molar-refractivity contribution >= 4 is 46.4 Å². The van der Waals surface area contributed by atoms with Gasteiger partial charge < -0.3 is 39.9 Å². The normalized spacial score (nSPS) is 16.6. The number of ether oxygens (including phenoxy) is 2. The molecule has 2 aliphatic heterocycles. The van der Waals surface area contributed by atoms with Crippen LogP contribution in [0.3, 0.4) is 0 Å². The predicted molar refractivity (Wildman–Crippen MR) is 180 cm³/mol. The van der Waals surface area contributed by atoms with Crippen LogP contribution in [0.25, 0.3) is 10.9 Å². The van der Waals surface area contributed by atoms with Gasteiger partial charge >= 0.3 is 12.1 Å². The monoisotopic (exact) mass is 674 g/mol. The van der Waals surface area contributed by atoms with Crippen molar-refractivity contribution < 1.29 is 38.6 Å². The Labute approximate surface area is 284 Å². The highest BCUT2D eigenvalue weighted by atomic mass is 16.6. The molecule has 1 aromatic heterocycles. The second-order valence-corrected chi connectivity index (χ2v) is 11.9. The van der Waals surface area contributed by atoms with Crippen LogP contribution in [0.4, 0.5) is 10.5 Å². The summed E-state index contributed by atoms with van der Waals surface area (Å²) in [5, 5.41) is 16.0. The van der Waals surface area contributed by atoms with Crippen LogP contribution in [0.1, 0.15) is 43.1 Å². The molecule has 0 aliphatic carbocycles. The maximum atomic E-state index is 13.6. The summed E-state index contributed by atoms with van der Waals surface area (Å²) >= 11 is 0. The Kier molecular flexibility index (Phi) is 11.8. The number of hydrogen-bond acceptors (Lipinski definition) is 9. The van der Waals surface area contributed by atoms with Crippen molar-refractivity contribution in [2.75, 3.05) is 57.8 Å². The van der Waals surface area contributed by atoms with Crippen molar-refractivity contribution in [1.29, 1.82) is 0 Å². The fraction of sp³-hybridized carbons (Fsp3) is 0.429. The van der Waals surface area contributed by atoms with Crippen LogP contribution in [-0.2, 0) is 19.1 Å². The third kappa shape index (κ3) is 9.15. The van der Waals surface area contributed by atoms with Crippen molar-refractivity contribution in [2.24, 2.45) is 0 Å². The molecule has 3 aromatic rings. The number of carbonyl (C=O) groups is 5. The van der Waals surface area contributed by atoms with E-state index in [2.05, 4.69) is 15.6 Å². The molecule has 0 radical (unpaired) electrons. The van der Waals surface area contributed by atoms with Gasteiger partial charge in [0.2, 0.25) is 5.91 Å². The fourth-order valence-corrected chi connectivity index (χ4v) is 6.07. The number of nitrogens with zero attached hydrogens (tertiary/aromatic N) is 4. The summed E-state index contributed by atoms with van der Waals surface area (Å²) in [5.41, 5.74) is 1.38. The average molecular weight is 675 g/mol. The Balaban J connectivity index is 1.26. The highest BCUT2D eigenvalue weighted by Crippen LogP contribution is 2.26. The predicted octanol–water partition coefficient (Wildman–Crippen LogP) is 2.98. The molecule has 3 heterocycles. The minimum atomic E-state index is -1.14. The molecular formula is C35H42N6O8. The first kappa shape index (κ1) is 34.9. The van der Waals surface area contributed by atoms with Gasteiger partial charge in [0.25, 0.3) is 11.8 Å². The number of para-hydroxylation sites is 2. The first-order chi connectivity index (χ1) is 23.7. The van der Waals surface area contributed by atoms with E-state index in [9.17, 15) is 29.1 Å². The van der Waals surface area contributed by atoms with Gasteiger partial charge in [-0.25, -0.2) is 9.78 Å². The molecule has 5 rings (SSSR count). The van der Waals surface area contributed by atoms with E-state index < -0.39 is 29.9 Å². The molecule has 0 spiro atoms. The van der Waals surface area contributed by atoms with Crippen LogP contribution in [0.15, 0.2) is 60.7 Å². The number of aromatic nitrogens is 1. The van der Waals surface area contributed by atoms with Crippen LogP contribution in [0.5, 0.6) is 5.75 Å². The lowest BCUT2D eigenvalue weighted by atomic mass is 10.1. The lowest BCUT2D eigenvalue weighted by Gasteiger charge is -2.35. The third-order valence-corrected chi connectivity index (χ3v) is 8.64. The summed E-state index contributed by atoms with van der Waals surface area (Å²) in [7, 11) is 0. The zero-order valence-electron chi connectivity index (χ0n) is 27.5. The summed E-state index contributed by atoms with van der Waals surface area (Å²) in [6.45, 7) is 3.85. The van der Waals surface area contributed by atoms with E-state index in [0.717, 1.165) is 18.5 Å². The zero-order valence-corrected chi connectivity index (χ0v) is 27.5. The van der Waals surface area contributed by atoms with E-state index in [1.54, 1.807) is 31.2 Å². The molecule has 3 N–H and O–H groups in total. The summed E-state index contributed by atoms with van der Waals surface area (Å²) in [6, 6.07) is 17.2. The summed E-state index contributed by atoms with van der Waals surface area (Å²) < 4.78 is 11.1. The van der Waals surface area contributed by atoms with Gasteiger partial charge in [-0.15, -0.1) is 0 Å². The van der Waals surface area contributed by atoms with E-state index in [-0.39, 0.29) is 75.6 Å². The van der Waals surface area contributed by atoms with Gasteiger partial charge in [-0.1, -0.05) is 30.3 Å². The molecule has 2 atom stereocenters. The first-order valence-electron chi connectivity index (χ1n) is 16.6. The molecule has 14 heteroatoms. The van der Waals surface area contributed by atoms with E-state index in [1.165, 1.54) is 15.9 Å². The number of pyridine rings is 1. The Morgan fingerprint density at radius 3 is 2.41 bits per heavy atom. The lowest BCUT2D eigenvalue weighted by molar-refractivity contribution is -0.138. The minimum Gasteiger partial charge on any atom is -0.483 e. The standard InChI is InChI=1S/C35H42N6O8/c1-2-48-35(47)40-19-17-39(18-20-40)34(46)28(14-15-32(43)44)38-33(45)29-21-30(26-12-6-7-13-27(26)37-29)49-23-31(42)41-16-8-11-25(41)22-36-24-9-4-3-5-10-24/h3-7,9-10,12-13,21,25,28,36H,2,8,11,14-20,22-23H2,1H3,(H,38,45)(H,43,44)/t25-,28+/m1/s1. The highest BCUT2D eigenvalue weighted by molar-refractivity contribution is 5.99. The van der Waals surface area contributed by atoms with Gasteiger partial charge in [-0.05, 0) is 50.5 Å². The van der Waals surface area contributed by atoms with Crippen LogP contribution >= 0.6 is 0 Å². The van der Waals surface area contributed by atoms with Gasteiger partial charge in [0.1, 0.15) is 17.5 Å². The summed E-state index contributed by atoms with van der Waals surface area (Å²) in [6.07, 6.45) is 0.807. The Morgan fingerprint density at radius 2 is 1.67 bits per heavy atom. The number of likely N-dealkylation sites (tertiary alicyclic amines) is 1. The van der Waals surface area contributed by atoms with Crippen molar-refractivity contribution in [3.8, 4) is 5.75 Å². The number of carbonyl (C=O) groups excluding carboxylic acids is 4. The molecule has 49 heavy (non-hydrogen) atoms. The fourth-order valence-electron chi connectivity index (χ4n) is 6.07. The smallest absolute Gasteiger partial charge is 0.409 e. The van der Waals surface area contributed by atoms with Crippen molar-refractivity contribution in [2.45, 2.75) is 44.7 Å². The maximum Gasteiger partial charge on any atom is 0.409 e. The first-order valence-corrected chi connectivity index (χ1v) is 16.6. The molecule has 260 valence electrons. The zero-order chi connectivity index (χ0) is 34.8. The number of carboxylic acid groups (broad SMARTS) is 1. The third-order valence-electron chi connectivity index (χ3n) is 8.64. The van der Waals surface area contributed by atoms with E-state index >= 15 is 0 Å². The number of anilines is 1. The second-order valence-electron chi connectivity index (χ2n) is 11.9. The Bertz CT molecular complexity index is 1650. The number of carboxylic acids is 1. The Morgan fingerprint density at radius 1 is 0.959 bits per heavy atom. The van der Waals surface area contributed by atoms with Gasteiger partial charge in [-0.3, -0.25) is 19.2 Å². The van der Waals surface area contributed by atoms with Crippen molar-refractivity contribution in [3.05, 3.63) is 66.4 Å². The summed E-state index contributed by atoms with van der Waals surface area (Å²) in [5.74, 6) is -2.15. The van der Waals surface area contributed by atoms with Gasteiger partial charge in [0, 0.05) is 68.9 Å². The van der Waals surface area contributed by atoms with Gasteiger partial charge in [-0.2, -0.15) is 0 Å². The molecule has 2 aliphatic rings. The number of benzene rings is 2. The number of hydrogen-bond donors (Lipinski definition) is 3. The number of amides is 4. The van der Waals surface area contributed by atoms with Crippen molar-refractivity contribution in [1.82, 2.24) is 25.0 Å². The number of piperazine rings is 1. The van der Waals surface area contributed by atoms with E-state index in [1.807, 2.05) is 35.2 Å². The second kappa shape index (κ2) is 16.6. The minimum absolute atomic E-state index is 0.0141.